The quantitative estimate of drug-likeness (QED) is 0.893. The van der Waals surface area contributed by atoms with Gasteiger partial charge in [-0.1, -0.05) is 44.9 Å². The third-order valence-electron chi connectivity index (χ3n) is 4.28. The summed E-state index contributed by atoms with van der Waals surface area (Å²) in [4.78, 5) is 12.0. The van der Waals surface area contributed by atoms with Gasteiger partial charge in [0.15, 0.2) is 0 Å². The number of hydrogen-bond donors (Lipinski definition) is 2. The average Bonchev–Trinajstić information content (AvgIpc) is 2.43. The van der Waals surface area contributed by atoms with E-state index in [2.05, 4.69) is 24.5 Å². The third-order valence-corrected chi connectivity index (χ3v) is 4.28. The number of rotatable bonds is 4. The first-order valence-electron chi connectivity index (χ1n) is 7.25. The fourth-order valence-electron chi connectivity index (χ4n) is 2.78. The van der Waals surface area contributed by atoms with Crippen LogP contribution in [0.4, 0.5) is 5.69 Å². The highest BCUT2D eigenvalue weighted by Crippen LogP contribution is 2.29. The smallest absolute Gasteiger partial charge is 0.239 e. The molecule has 1 aromatic carbocycles. The summed E-state index contributed by atoms with van der Waals surface area (Å²) in [7, 11) is 0. The van der Waals surface area contributed by atoms with Gasteiger partial charge in [-0.3, -0.25) is 4.79 Å². The molecular weight excluding hydrogens is 272 g/mol. The number of anilines is 1. The zero-order chi connectivity index (χ0) is 13.7. The minimum Gasteiger partial charge on any atom is -0.376 e. The molecule has 2 N–H and O–H groups in total. The van der Waals surface area contributed by atoms with Crippen LogP contribution in [0.3, 0.4) is 0 Å². The lowest BCUT2D eigenvalue weighted by molar-refractivity contribution is -0.120. The van der Waals surface area contributed by atoms with E-state index in [-0.39, 0.29) is 18.3 Å². The van der Waals surface area contributed by atoms with Gasteiger partial charge in [0.05, 0.1) is 6.54 Å². The molecular formula is C16H25ClN2O. The zero-order valence-electron chi connectivity index (χ0n) is 12.3. The SMILES string of the molecule is CC1CCCC(NC(=O)CNc2ccccc2)C1C.Cl. The van der Waals surface area contributed by atoms with E-state index in [1.807, 2.05) is 30.3 Å². The molecule has 0 radical (unpaired) electrons. The van der Waals surface area contributed by atoms with Crippen LogP contribution in [0, 0.1) is 11.8 Å². The second-order valence-electron chi connectivity index (χ2n) is 5.66. The number of carbonyl (C=O) groups is 1. The third kappa shape index (κ3) is 4.71. The first-order chi connectivity index (χ1) is 9.16. The van der Waals surface area contributed by atoms with Crippen molar-refractivity contribution in [1.82, 2.24) is 5.32 Å². The minimum absolute atomic E-state index is 0. The van der Waals surface area contributed by atoms with Crippen LogP contribution >= 0.6 is 12.4 Å². The van der Waals surface area contributed by atoms with E-state index >= 15 is 0 Å². The van der Waals surface area contributed by atoms with Crippen LogP contribution in [0.5, 0.6) is 0 Å². The van der Waals surface area contributed by atoms with Gasteiger partial charge in [-0.25, -0.2) is 0 Å². The maximum atomic E-state index is 12.0. The van der Waals surface area contributed by atoms with Crippen LogP contribution in [0.2, 0.25) is 0 Å². The van der Waals surface area contributed by atoms with Crippen molar-refractivity contribution >= 4 is 24.0 Å². The van der Waals surface area contributed by atoms with Gasteiger partial charge in [0, 0.05) is 11.7 Å². The van der Waals surface area contributed by atoms with Crippen molar-refractivity contribution in [2.45, 2.75) is 39.2 Å². The minimum atomic E-state index is 0. The van der Waals surface area contributed by atoms with E-state index in [9.17, 15) is 4.79 Å². The Labute approximate surface area is 127 Å². The number of amides is 1. The maximum absolute atomic E-state index is 12.0. The highest BCUT2D eigenvalue weighted by Gasteiger charge is 2.27. The van der Waals surface area contributed by atoms with Gasteiger partial charge in [-0.05, 0) is 30.4 Å². The predicted octanol–water partition coefficient (Wildman–Crippen LogP) is 3.46. The Bertz CT molecular complexity index is 410. The molecule has 0 heterocycles. The van der Waals surface area contributed by atoms with E-state index in [1.165, 1.54) is 12.8 Å². The fraction of sp³-hybridized carbons (Fsp3) is 0.562. The highest BCUT2D eigenvalue weighted by molar-refractivity contribution is 5.85. The molecule has 1 aliphatic rings. The van der Waals surface area contributed by atoms with Crippen LogP contribution in [-0.2, 0) is 4.79 Å². The van der Waals surface area contributed by atoms with Gasteiger partial charge >= 0.3 is 0 Å². The van der Waals surface area contributed by atoms with E-state index in [4.69, 9.17) is 0 Å². The molecule has 0 aromatic heterocycles. The molecule has 3 unspecified atom stereocenters. The molecule has 0 spiro atoms. The van der Waals surface area contributed by atoms with E-state index in [1.54, 1.807) is 0 Å². The topological polar surface area (TPSA) is 41.1 Å². The number of nitrogens with one attached hydrogen (secondary N) is 2. The van der Waals surface area contributed by atoms with Gasteiger partial charge in [0.25, 0.3) is 0 Å². The number of carbonyl (C=O) groups excluding carboxylic acids is 1. The van der Waals surface area contributed by atoms with E-state index in [0.29, 0.717) is 24.4 Å². The lowest BCUT2D eigenvalue weighted by atomic mass is 9.78. The lowest BCUT2D eigenvalue weighted by Crippen LogP contribution is -2.45. The molecule has 2 rings (SSSR count). The van der Waals surface area contributed by atoms with Crippen molar-refractivity contribution < 1.29 is 4.79 Å². The second kappa shape index (κ2) is 8.15. The van der Waals surface area contributed by atoms with Gasteiger partial charge < -0.3 is 10.6 Å². The molecule has 1 fully saturated rings. The molecule has 1 saturated carbocycles. The molecule has 0 bridgehead atoms. The molecule has 1 aliphatic carbocycles. The van der Waals surface area contributed by atoms with Crippen molar-refractivity contribution in [2.24, 2.45) is 11.8 Å². The van der Waals surface area contributed by atoms with Gasteiger partial charge in [0.1, 0.15) is 0 Å². The first-order valence-corrected chi connectivity index (χ1v) is 7.25. The van der Waals surface area contributed by atoms with Crippen LogP contribution in [0.1, 0.15) is 33.1 Å². The van der Waals surface area contributed by atoms with Crippen molar-refractivity contribution in [3.05, 3.63) is 30.3 Å². The molecule has 20 heavy (non-hydrogen) atoms. The van der Waals surface area contributed by atoms with Crippen molar-refractivity contribution in [3.8, 4) is 0 Å². The molecule has 4 heteroatoms. The van der Waals surface area contributed by atoms with Gasteiger partial charge in [0.2, 0.25) is 5.91 Å². The summed E-state index contributed by atoms with van der Waals surface area (Å²) in [5.74, 6) is 1.38. The molecule has 3 nitrogen and oxygen atoms in total. The monoisotopic (exact) mass is 296 g/mol. The van der Waals surface area contributed by atoms with Crippen molar-refractivity contribution in [2.75, 3.05) is 11.9 Å². The fourth-order valence-corrected chi connectivity index (χ4v) is 2.78. The Morgan fingerprint density at radius 2 is 1.90 bits per heavy atom. The summed E-state index contributed by atoms with van der Waals surface area (Å²) < 4.78 is 0. The summed E-state index contributed by atoms with van der Waals surface area (Å²) in [6, 6.07) is 10.2. The lowest BCUT2D eigenvalue weighted by Gasteiger charge is -2.34. The standard InChI is InChI=1S/C16H24N2O.ClH/c1-12-7-6-10-15(13(12)2)18-16(19)11-17-14-8-4-3-5-9-14;/h3-5,8-9,12-13,15,17H,6-7,10-11H2,1-2H3,(H,18,19);1H. The van der Waals surface area contributed by atoms with Gasteiger partial charge in [-0.2, -0.15) is 0 Å². The normalized spacial score (nSPS) is 25.4. The molecule has 112 valence electrons. The van der Waals surface area contributed by atoms with E-state index in [0.717, 1.165) is 12.1 Å². The Hall–Kier alpha value is -1.22. The van der Waals surface area contributed by atoms with Crippen LogP contribution in [-0.4, -0.2) is 18.5 Å². The zero-order valence-corrected chi connectivity index (χ0v) is 13.1. The van der Waals surface area contributed by atoms with E-state index < -0.39 is 0 Å². The summed E-state index contributed by atoms with van der Waals surface area (Å²) in [6.07, 6.45) is 3.63. The molecule has 3 atom stereocenters. The van der Waals surface area contributed by atoms with Gasteiger partial charge in [-0.15, -0.1) is 12.4 Å². The Morgan fingerprint density at radius 1 is 1.20 bits per heavy atom. The maximum Gasteiger partial charge on any atom is 0.239 e. The van der Waals surface area contributed by atoms with Crippen molar-refractivity contribution in [3.63, 3.8) is 0 Å². The number of benzene rings is 1. The molecule has 1 amide bonds. The summed E-state index contributed by atoms with van der Waals surface area (Å²) in [6.45, 7) is 4.88. The first kappa shape index (κ1) is 16.8. The summed E-state index contributed by atoms with van der Waals surface area (Å²) >= 11 is 0. The molecule has 0 aliphatic heterocycles. The molecule has 1 aromatic rings. The summed E-state index contributed by atoms with van der Waals surface area (Å²) in [5.41, 5.74) is 0.989. The Kier molecular flexibility index (Phi) is 6.86. The average molecular weight is 297 g/mol. The molecule has 0 saturated heterocycles. The largest absolute Gasteiger partial charge is 0.376 e. The van der Waals surface area contributed by atoms with Crippen molar-refractivity contribution in [1.29, 1.82) is 0 Å². The van der Waals surface area contributed by atoms with Crippen LogP contribution < -0.4 is 10.6 Å². The predicted molar refractivity (Wildman–Crippen MR) is 86.3 cm³/mol. The number of hydrogen-bond acceptors (Lipinski definition) is 2. The number of halogens is 1. The van der Waals surface area contributed by atoms with Crippen LogP contribution in [0.25, 0.3) is 0 Å². The number of para-hydroxylation sites is 1. The second-order valence-corrected chi connectivity index (χ2v) is 5.66. The Morgan fingerprint density at radius 3 is 2.60 bits per heavy atom. The summed E-state index contributed by atoms with van der Waals surface area (Å²) in [5, 5.41) is 6.32. The van der Waals surface area contributed by atoms with Crippen LogP contribution in [0.15, 0.2) is 30.3 Å². The highest BCUT2D eigenvalue weighted by atomic mass is 35.5. The Balaban J connectivity index is 0.00000200.